The van der Waals surface area contributed by atoms with E-state index in [2.05, 4.69) is 38.8 Å². The number of fused-ring (bicyclic) bond motifs is 3. The Morgan fingerprint density at radius 1 is 1.03 bits per heavy atom. The van der Waals surface area contributed by atoms with Gasteiger partial charge < -0.3 is 4.90 Å². The Morgan fingerprint density at radius 3 is 2.62 bits per heavy atom. The summed E-state index contributed by atoms with van der Waals surface area (Å²) in [5.41, 5.74) is 4.27. The summed E-state index contributed by atoms with van der Waals surface area (Å²) >= 11 is 0. The van der Waals surface area contributed by atoms with Crippen LogP contribution < -0.4 is 5.56 Å². The van der Waals surface area contributed by atoms with E-state index in [-0.39, 0.29) is 5.56 Å². The van der Waals surface area contributed by atoms with Crippen molar-refractivity contribution >= 4 is 10.9 Å². The molecule has 5 heterocycles. The van der Waals surface area contributed by atoms with E-state index in [4.69, 9.17) is 5.10 Å². The molecule has 7 rings (SSSR count). The van der Waals surface area contributed by atoms with E-state index >= 15 is 0 Å². The lowest BCUT2D eigenvalue weighted by molar-refractivity contribution is 0.0345. The molecule has 1 unspecified atom stereocenters. The molecule has 0 radical (unpaired) electrons. The van der Waals surface area contributed by atoms with Crippen LogP contribution in [0.25, 0.3) is 10.9 Å². The van der Waals surface area contributed by atoms with Crippen LogP contribution in [-0.2, 0) is 13.0 Å². The largest absolute Gasteiger partial charge is 0.303 e. The number of hydrogen-bond acceptors (Lipinski definition) is 4. The van der Waals surface area contributed by atoms with Gasteiger partial charge in [-0.1, -0.05) is 30.3 Å². The zero-order valence-corrected chi connectivity index (χ0v) is 16.6. The fourth-order valence-corrected chi connectivity index (χ4v) is 6.07. The molecule has 0 N–H and O–H groups in total. The minimum absolute atomic E-state index is 0.0401. The zero-order valence-electron chi connectivity index (χ0n) is 16.6. The Balaban J connectivity index is 1.49. The first-order chi connectivity index (χ1) is 14.3. The van der Waals surface area contributed by atoms with Crippen LogP contribution in [0.15, 0.2) is 47.4 Å². The Morgan fingerprint density at radius 2 is 1.86 bits per heavy atom. The third kappa shape index (κ3) is 2.83. The average Bonchev–Trinajstić information content (AvgIpc) is 3.00. The van der Waals surface area contributed by atoms with E-state index in [1.807, 2.05) is 12.1 Å². The van der Waals surface area contributed by atoms with Crippen LogP contribution in [0.1, 0.15) is 42.0 Å². The van der Waals surface area contributed by atoms with Gasteiger partial charge in [0.15, 0.2) is 0 Å². The minimum Gasteiger partial charge on any atom is -0.303 e. The van der Waals surface area contributed by atoms with Crippen molar-refractivity contribution in [2.75, 3.05) is 19.6 Å². The first-order valence-corrected chi connectivity index (χ1v) is 10.9. The molecule has 0 spiro atoms. The van der Waals surface area contributed by atoms with Crippen molar-refractivity contribution in [2.24, 2.45) is 11.8 Å². The first-order valence-electron chi connectivity index (χ1n) is 10.9. The molecule has 0 saturated carbocycles. The fraction of sp³-hybridized carbons (Fsp3) is 0.458. The van der Waals surface area contributed by atoms with Crippen molar-refractivity contribution in [3.05, 3.63) is 69.8 Å². The third-order valence-electron chi connectivity index (χ3n) is 7.45. The molecule has 2 atom stereocenters. The van der Waals surface area contributed by atoms with Gasteiger partial charge in [0.25, 0.3) is 5.56 Å². The van der Waals surface area contributed by atoms with Gasteiger partial charge in [0.05, 0.1) is 17.8 Å². The molecular formula is C24H26N4O. The molecule has 2 aromatic heterocycles. The van der Waals surface area contributed by atoms with Crippen molar-refractivity contribution in [3.8, 4) is 0 Å². The Labute approximate surface area is 170 Å². The summed E-state index contributed by atoms with van der Waals surface area (Å²) in [5.74, 6) is 1.66. The lowest BCUT2D eigenvalue weighted by Gasteiger charge is -2.48. The molecule has 3 aliphatic heterocycles. The van der Waals surface area contributed by atoms with Crippen molar-refractivity contribution in [2.45, 2.75) is 38.1 Å². The highest BCUT2D eigenvalue weighted by Crippen LogP contribution is 2.46. The van der Waals surface area contributed by atoms with Crippen molar-refractivity contribution in [1.82, 2.24) is 19.7 Å². The van der Waals surface area contributed by atoms with E-state index in [0.717, 1.165) is 54.0 Å². The molecule has 148 valence electrons. The average molecular weight is 386 g/mol. The predicted molar refractivity (Wildman–Crippen MR) is 113 cm³/mol. The molecule has 2 bridgehead atoms. The molecule has 3 saturated heterocycles. The summed E-state index contributed by atoms with van der Waals surface area (Å²) in [4.78, 5) is 20.0. The maximum atomic E-state index is 13.1. The topological polar surface area (TPSA) is 51.0 Å². The minimum atomic E-state index is -0.0401. The van der Waals surface area contributed by atoms with E-state index in [1.165, 1.54) is 31.5 Å². The van der Waals surface area contributed by atoms with Gasteiger partial charge in [0, 0.05) is 23.7 Å². The van der Waals surface area contributed by atoms with E-state index in [1.54, 1.807) is 6.20 Å². The fourth-order valence-electron chi connectivity index (χ4n) is 6.07. The zero-order chi connectivity index (χ0) is 19.4. The Kier molecular flexibility index (Phi) is 4.05. The summed E-state index contributed by atoms with van der Waals surface area (Å²) in [7, 11) is 0. The standard InChI is InChI=1S/C24H26N4O/c29-24-22-18(19-15-27-12-9-17(19)10-13-27)6-7-20-23(22)21(8-11-25-24)28(26-20)14-16-4-2-1-3-5-16/h1-5,8,11,17-19H,6-7,9-10,12-15H2/t18?,19-/m0/s1. The van der Waals surface area contributed by atoms with Gasteiger partial charge in [-0.2, -0.15) is 5.10 Å². The van der Waals surface area contributed by atoms with Gasteiger partial charge in [0.1, 0.15) is 0 Å². The van der Waals surface area contributed by atoms with Gasteiger partial charge >= 0.3 is 0 Å². The Hall–Kier alpha value is -2.53. The first kappa shape index (κ1) is 17.3. The van der Waals surface area contributed by atoms with E-state index in [0.29, 0.717) is 11.8 Å². The molecule has 5 nitrogen and oxygen atoms in total. The number of benzene rings is 1. The number of piperidine rings is 3. The maximum absolute atomic E-state index is 13.1. The van der Waals surface area contributed by atoms with Crippen LogP contribution in [0.3, 0.4) is 0 Å². The quantitative estimate of drug-likeness (QED) is 0.694. The molecule has 4 aliphatic rings. The van der Waals surface area contributed by atoms with Crippen LogP contribution in [0.5, 0.6) is 0 Å². The number of rotatable bonds is 3. The van der Waals surface area contributed by atoms with Crippen LogP contribution in [0.2, 0.25) is 0 Å². The molecule has 0 amide bonds. The van der Waals surface area contributed by atoms with Crippen LogP contribution in [0.4, 0.5) is 0 Å². The lowest BCUT2D eigenvalue weighted by Crippen LogP contribution is -2.50. The molecule has 1 aromatic carbocycles. The SMILES string of the molecule is O=c1nccc2c3c(nn2Cc2ccccc2)CCC([C@H]2CN4CCC2CC4)c13. The molecule has 1 aliphatic carbocycles. The third-order valence-corrected chi connectivity index (χ3v) is 7.45. The van der Waals surface area contributed by atoms with Gasteiger partial charge in [0.2, 0.25) is 0 Å². The summed E-state index contributed by atoms with van der Waals surface area (Å²) in [6.45, 7) is 4.32. The second kappa shape index (κ2) is 6.77. The number of aryl methyl sites for hydroxylation is 1. The maximum Gasteiger partial charge on any atom is 0.273 e. The summed E-state index contributed by atoms with van der Waals surface area (Å²) < 4.78 is 2.07. The second-order valence-corrected chi connectivity index (χ2v) is 8.96. The van der Waals surface area contributed by atoms with Crippen LogP contribution in [0, 0.1) is 11.8 Å². The van der Waals surface area contributed by atoms with Gasteiger partial charge in [-0.25, -0.2) is 4.98 Å². The van der Waals surface area contributed by atoms with Gasteiger partial charge in [-0.15, -0.1) is 0 Å². The highest BCUT2D eigenvalue weighted by atomic mass is 16.1. The highest BCUT2D eigenvalue weighted by Gasteiger charge is 2.42. The van der Waals surface area contributed by atoms with Crippen molar-refractivity contribution in [1.29, 1.82) is 0 Å². The Bertz CT molecular complexity index is 1110. The molecule has 3 fully saturated rings. The molecule has 29 heavy (non-hydrogen) atoms. The highest BCUT2D eigenvalue weighted by molar-refractivity contribution is 5.86. The second-order valence-electron chi connectivity index (χ2n) is 8.96. The van der Waals surface area contributed by atoms with Crippen molar-refractivity contribution in [3.63, 3.8) is 0 Å². The summed E-state index contributed by atoms with van der Waals surface area (Å²) in [6, 6.07) is 12.4. The van der Waals surface area contributed by atoms with Crippen molar-refractivity contribution < 1.29 is 0 Å². The van der Waals surface area contributed by atoms with Crippen LogP contribution >= 0.6 is 0 Å². The van der Waals surface area contributed by atoms with Gasteiger partial charge in [-0.05, 0) is 68.2 Å². The summed E-state index contributed by atoms with van der Waals surface area (Å²) in [5, 5.41) is 6.04. The van der Waals surface area contributed by atoms with Gasteiger partial charge in [-0.3, -0.25) is 9.48 Å². The van der Waals surface area contributed by atoms with Crippen LogP contribution in [-0.4, -0.2) is 39.3 Å². The molecule has 5 heteroatoms. The smallest absolute Gasteiger partial charge is 0.273 e. The van der Waals surface area contributed by atoms with E-state index < -0.39 is 0 Å². The monoisotopic (exact) mass is 386 g/mol. The number of hydrogen-bond donors (Lipinski definition) is 0. The number of nitrogens with zero attached hydrogens (tertiary/aromatic N) is 4. The van der Waals surface area contributed by atoms with E-state index in [9.17, 15) is 4.79 Å². The predicted octanol–water partition coefficient (Wildman–Crippen LogP) is 3.21. The normalized spacial score (nSPS) is 28.0. The molecular weight excluding hydrogens is 360 g/mol. The number of aromatic nitrogens is 3. The lowest BCUT2D eigenvalue weighted by atomic mass is 9.67. The molecule has 3 aromatic rings. The summed E-state index contributed by atoms with van der Waals surface area (Å²) in [6.07, 6.45) is 6.24.